The maximum absolute atomic E-state index is 12.4. The summed E-state index contributed by atoms with van der Waals surface area (Å²) >= 11 is 1.47. The maximum Gasteiger partial charge on any atom is 0.230 e. The van der Waals surface area contributed by atoms with E-state index in [4.69, 9.17) is 10.5 Å². The maximum atomic E-state index is 12.4. The summed E-state index contributed by atoms with van der Waals surface area (Å²) in [6.07, 6.45) is 3.52. The van der Waals surface area contributed by atoms with Crippen LogP contribution in [0, 0.1) is 12.8 Å². The highest BCUT2D eigenvalue weighted by molar-refractivity contribution is 7.09. The number of anilines is 2. The van der Waals surface area contributed by atoms with Crippen molar-refractivity contribution in [3.63, 3.8) is 0 Å². The van der Waals surface area contributed by atoms with E-state index in [1.165, 1.54) is 16.9 Å². The summed E-state index contributed by atoms with van der Waals surface area (Å²) in [5, 5.41) is 5.55. The Hall–Kier alpha value is -3.46. The number of rotatable bonds is 8. The van der Waals surface area contributed by atoms with Gasteiger partial charge < -0.3 is 20.7 Å². The summed E-state index contributed by atoms with van der Waals surface area (Å²) in [4.78, 5) is 34.9. The molecule has 3 aromatic rings. The smallest absolute Gasteiger partial charge is 0.230 e. The fourth-order valence-electron chi connectivity index (χ4n) is 3.71. The molecule has 1 atom stereocenters. The molecule has 0 bridgehead atoms. The summed E-state index contributed by atoms with van der Waals surface area (Å²) in [6.45, 7) is 3.81. The van der Waals surface area contributed by atoms with Gasteiger partial charge in [-0.1, -0.05) is 17.7 Å². The number of benzene rings is 1. The van der Waals surface area contributed by atoms with E-state index in [9.17, 15) is 9.59 Å². The Morgan fingerprint density at radius 3 is 2.79 bits per heavy atom. The predicted molar refractivity (Wildman–Crippen MR) is 128 cm³/mol. The number of nitrogens with zero attached hydrogens (tertiary/aromatic N) is 3. The number of piperidine rings is 1. The van der Waals surface area contributed by atoms with Gasteiger partial charge in [-0.15, -0.1) is 11.3 Å². The number of amides is 2. The third-order valence-electron chi connectivity index (χ3n) is 5.50. The molecule has 8 nitrogen and oxygen atoms in total. The molecule has 0 aliphatic carbocycles. The topological polar surface area (TPSA) is 110 Å². The highest BCUT2D eigenvalue weighted by atomic mass is 32.1. The van der Waals surface area contributed by atoms with E-state index in [2.05, 4.69) is 20.2 Å². The second-order valence-electron chi connectivity index (χ2n) is 8.15. The minimum Gasteiger partial charge on any atom is -0.486 e. The molecule has 2 aromatic heterocycles. The van der Waals surface area contributed by atoms with Crippen molar-refractivity contribution in [2.24, 2.45) is 11.7 Å². The minimum absolute atomic E-state index is 0.148. The number of aryl methyl sites for hydroxylation is 1. The molecule has 3 heterocycles. The molecule has 172 valence electrons. The van der Waals surface area contributed by atoms with Gasteiger partial charge in [-0.05, 0) is 44.0 Å². The van der Waals surface area contributed by atoms with E-state index in [0.717, 1.165) is 36.0 Å². The number of nitrogens with one attached hydrogen (secondary N) is 1. The van der Waals surface area contributed by atoms with Crippen molar-refractivity contribution >= 4 is 34.7 Å². The summed E-state index contributed by atoms with van der Waals surface area (Å²) in [7, 11) is 0. The predicted octanol–water partition coefficient (Wildman–Crippen LogP) is 3.31. The Kier molecular flexibility index (Phi) is 7.19. The van der Waals surface area contributed by atoms with E-state index in [1.807, 2.05) is 48.7 Å². The van der Waals surface area contributed by atoms with Crippen LogP contribution in [0.15, 0.2) is 48.0 Å². The van der Waals surface area contributed by atoms with Crippen LogP contribution in [-0.2, 0) is 22.6 Å². The first kappa shape index (κ1) is 22.7. The molecule has 9 heteroatoms. The number of carbonyl (C=O) groups is 2. The number of pyridine rings is 1. The lowest BCUT2D eigenvalue weighted by atomic mass is 9.97. The standard InChI is InChI=1S/C24H27N5O3S/c1-16-4-7-20(8-5-16)32-14-23-28-19(15-33-23)11-22(30)27-18-6-9-21(26-12-18)29-10-2-3-17(13-29)24(25)31/h4-9,12,15,17H,2-3,10-11,13-14H2,1H3,(H2,25,31)(H,27,30). The number of ether oxygens (including phenoxy) is 1. The zero-order valence-electron chi connectivity index (χ0n) is 18.5. The van der Waals surface area contributed by atoms with E-state index < -0.39 is 0 Å². The van der Waals surface area contributed by atoms with Crippen LogP contribution in [0.2, 0.25) is 0 Å². The molecule has 1 aromatic carbocycles. The van der Waals surface area contributed by atoms with Crippen molar-refractivity contribution in [1.82, 2.24) is 9.97 Å². The molecule has 1 aliphatic heterocycles. The van der Waals surface area contributed by atoms with Crippen LogP contribution in [0.3, 0.4) is 0 Å². The van der Waals surface area contributed by atoms with Gasteiger partial charge >= 0.3 is 0 Å². The molecule has 1 aliphatic rings. The summed E-state index contributed by atoms with van der Waals surface area (Å²) in [5.74, 6) is 0.991. The van der Waals surface area contributed by atoms with Gasteiger partial charge in [0, 0.05) is 18.5 Å². The average molecular weight is 466 g/mol. The highest BCUT2D eigenvalue weighted by Gasteiger charge is 2.24. The third-order valence-corrected chi connectivity index (χ3v) is 6.37. The van der Waals surface area contributed by atoms with Crippen LogP contribution in [0.1, 0.15) is 29.1 Å². The van der Waals surface area contributed by atoms with Crippen molar-refractivity contribution in [3.8, 4) is 5.75 Å². The van der Waals surface area contributed by atoms with Crippen LogP contribution in [-0.4, -0.2) is 34.9 Å². The monoisotopic (exact) mass is 465 g/mol. The minimum atomic E-state index is -0.268. The molecule has 0 spiro atoms. The number of nitrogens with two attached hydrogens (primary N) is 1. The number of hydrogen-bond donors (Lipinski definition) is 2. The first-order valence-electron chi connectivity index (χ1n) is 10.9. The normalized spacial score (nSPS) is 15.8. The third kappa shape index (κ3) is 6.29. The van der Waals surface area contributed by atoms with Crippen LogP contribution < -0.4 is 20.7 Å². The van der Waals surface area contributed by atoms with Gasteiger partial charge in [-0.2, -0.15) is 0 Å². The summed E-state index contributed by atoms with van der Waals surface area (Å²) in [5.41, 5.74) is 7.95. The van der Waals surface area contributed by atoms with E-state index >= 15 is 0 Å². The lowest BCUT2D eigenvalue weighted by Gasteiger charge is -2.32. The van der Waals surface area contributed by atoms with Crippen molar-refractivity contribution < 1.29 is 14.3 Å². The van der Waals surface area contributed by atoms with Gasteiger partial charge in [0.15, 0.2) is 0 Å². The number of thiazole rings is 1. The Morgan fingerprint density at radius 1 is 1.24 bits per heavy atom. The van der Waals surface area contributed by atoms with E-state index in [1.54, 1.807) is 6.20 Å². The largest absolute Gasteiger partial charge is 0.486 e. The van der Waals surface area contributed by atoms with Gasteiger partial charge in [0.25, 0.3) is 0 Å². The average Bonchev–Trinajstić information content (AvgIpc) is 3.26. The first-order chi connectivity index (χ1) is 16.0. The number of hydrogen-bond acceptors (Lipinski definition) is 7. The van der Waals surface area contributed by atoms with Gasteiger partial charge in [-0.25, -0.2) is 9.97 Å². The second-order valence-corrected chi connectivity index (χ2v) is 9.09. The lowest BCUT2D eigenvalue weighted by molar-refractivity contribution is -0.122. The molecule has 0 radical (unpaired) electrons. The van der Waals surface area contributed by atoms with Gasteiger partial charge in [-0.3, -0.25) is 9.59 Å². The van der Waals surface area contributed by atoms with Gasteiger partial charge in [0.1, 0.15) is 23.2 Å². The van der Waals surface area contributed by atoms with Crippen molar-refractivity contribution in [2.45, 2.75) is 32.8 Å². The highest BCUT2D eigenvalue weighted by Crippen LogP contribution is 2.22. The van der Waals surface area contributed by atoms with Crippen LogP contribution in [0.5, 0.6) is 5.75 Å². The number of carbonyl (C=O) groups excluding carboxylic acids is 2. The molecular formula is C24H27N5O3S. The molecule has 1 unspecified atom stereocenters. The van der Waals surface area contributed by atoms with E-state index in [0.29, 0.717) is 24.5 Å². The zero-order chi connectivity index (χ0) is 23.2. The van der Waals surface area contributed by atoms with Crippen molar-refractivity contribution in [3.05, 3.63) is 64.2 Å². The summed E-state index contributed by atoms with van der Waals surface area (Å²) in [6, 6.07) is 11.5. The molecule has 33 heavy (non-hydrogen) atoms. The Bertz CT molecular complexity index is 1100. The van der Waals surface area contributed by atoms with Crippen LogP contribution in [0.25, 0.3) is 0 Å². The quantitative estimate of drug-likeness (QED) is 0.528. The zero-order valence-corrected chi connectivity index (χ0v) is 19.3. The Labute approximate surface area is 196 Å². The van der Waals surface area contributed by atoms with Crippen molar-refractivity contribution in [1.29, 1.82) is 0 Å². The number of primary amides is 1. The second kappa shape index (κ2) is 10.4. The van der Waals surface area contributed by atoms with Crippen molar-refractivity contribution in [2.75, 3.05) is 23.3 Å². The Morgan fingerprint density at radius 2 is 2.06 bits per heavy atom. The molecule has 0 saturated carbocycles. The van der Waals surface area contributed by atoms with Crippen LogP contribution >= 0.6 is 11.3 Å². The van der Waals surface area contributed by atoms with Gasteiger partial charge in [0.05, 0.1) is 29.9 Å². The lowest BCUT2D eigenvalue weighted by Crippen LogP contribution is -2.41. The summed E-state index contributed by atoms with van der Waals surface area (Å²) < 4.78 is 5.75. The number of aromatic nitrogens is 2. The SMILES string of the molecule is Cc1ccc(OCc2nc(CC(=O)Nc3ccc(N4CCCC(C(N)=O)C4)nc3)cs2)cc1. The fourth-order valence-corrected chi connectivity index (χ4v) is 4.42. The molecule has 3 N–H and O–H groups in total. The molecule has 1 fully saturated rings. The molecule has 1 saturated heterocycles. The van der Waals surface area contributed by atoms with Gasteiger partial charge in [0.2, 0.25) is 11.8 Å². The van der Waals surface area contributed by atoms with Crippen LogP contribution in [0.4, 0.5) is 11.5 Å². The van der Waals surface area contributed by atoms with E-state index in [-0.39, 0.29) is 24.2 Å². The molecule has 2 amide bonds. The molecule has 4 rings (SSSR count). The Balaban J connectivity index is 1.26. The molecular weight excluding hydrogens is 438 g/mol. The fraction of sp³-hybridized carbons (Fsp3) is 0.333. The first-order valence-corrected chi connectivity index (χ1v) is 11.8.